The van der Waals surface area contributed by atoms with Crippen LogP contribution < -0.4 is 10.1 Å². The molecule has 1 heterocycles. The smallest absolute Gasteiger partial charge is 0.267 e. The maximum Gasteiger partial charge on any atom is 0.267 e. The molecule has 0 aromatic heterocycles. The number of hydrogen-bond donors (Lipinski definition) is 1. The fraction of sp³-hybridized carbons (Fsp3) is 0.500. The summed E-state index contributed by atoms with van der Waals surface area (Å²) in [6.07, 6.45) is -0.550. The number of halogens is 2. The zero-order valence-electron chi connectivity index (χ0n) is 9.17. The van der Waals surface area contributed by atoms with Crippen LogP contribution in [0, 0.1) is 0 Å². The predicted octanol–water partition coefficient (Wildman–Crippen LogP) is 3.06. The van der Waals surface area contributed by atoms with Crippen molar-refractivity contribution < 1.29 is 13.5 Å². The third-order valence-corrected chi connectivity index (χ3v) is 2.97. The summed E-state index contributed by atoms with van der Waals surface area (Å²) in [7, 11) is 1.42. The van der Waals surface area contributed by atoms with Crippen molar-refractivity contribution in [2.24, 2.45) is 0 Å². The summed E-state index contributed by atoms with van der Waals surface area (Å²) in [5.74, 6) is 0.279. The van der Waals surface area contributed by atoms with Gasteiger partial charge < -0.3 is 10.1 Å². The van der Waals surface area contributed by atoms with Gasteiger partial charge in [0.1, 0.15) is 5.75 Å². The van der Waals surface area contributed by atoms with E-state index in [9.17, 15) is 8.78 Å². The van der Waals surface area contributed by atoms with Crippen LogP contribution in [0.4, 0.5) is 8.78 Å². The second-order valence-corrected chi connectivity index (χ2v) is 3.91. The maximum atomic E-state index is 13.0. The Morgan fingerprint density at radius 3 is 2.81 bits per heavy atom. The van der Waals surface area contributed by atoms with Gasteiger partial charge in [-0.3, -0.25) is 0 Å². The number of benzene rings is 1. The minimum atomic E-state index is -2.49. The summed E-state index contributed by atoms with van der Waals surface area (Å²) < 4.78 is 31.0. The first-order chi connectivity index (χ1) is 7.74. The molecular formula is C12H15F2NO. The van der Waals surface area contributed by atoms with E-state index in [1.807, 2.05) is 0 Å². The van der Waals surface area contributed by atoms with Crippen LogP contribution in [-0.2, 0) is 0 Å². The Morgan fingerprint density at radius 1 is 1.44 bits per heavy atom. The van der Waals surface area contributed by atoms with Crippen LogP contribution in [-0.4, -0.2) is 13.7 Å². The fourth-order valence-corrected chi connectivity index (χ4v) is 2.23. The zero-order valence-corrected chi connectivity index (χ0v) is 9.17. The highest BCUT2D eigenvalue weighted by atomic mass is 19.3. The molecule has 0 bridgehead atoms. The first-order valence-electron chi connectivity index (χ1n) is 5.42. The van der Waals surface area contributed by atoms with Gasteiger partial charge in [-0.1, -0.05) is 12.1 Å². The highest BCUT2D eigenvalue weighted by Gasteiger charge is 2.25. The number of hydrogen-bond acceptors (Lipinski definition) is 2. The monoisotopic (exact) mass is 227 g/mol. The standard InChI is InChI=1S/C12H15F2NO/c1-16-10-6-2-4-8(11(10)12(13)14)9-5-3-7-15-9/h2,4,6,9,12,15H,3,5,7H2,1H3. The first-order valence-corrected chi connectivity index (χ1v) is 5.42. The molecule has 1 aliphatic heterocycles. The van der Waals surface area contributed by atoms with Crippen LogP contribution >= 0.6 is 0 Å². The lowest BCUT2D eigenvalue weighted by Gasteiger charge is -2.18. The topological polar surface area (TPSA) is 21.3 Å². The Morgan fingerprint density at radius 2 is 2.25 bits per heavy atom. The molecule has 1 aromatic rings. The van der Waals surface area contributed by atoms with Crippen molar-refractivity contribution in [1.82, 2.24) is 5.32 Å². The van der Waals surface area contributed by atoms with Crippen LogP contribution in [0.1, 0.15) is 36.4 Å². The molecule has 16 heavy (non-hydrogen) atoms. The molecule has 2 nitrogen and oxygen atoms in total. The number of alkyl halides is 2. The van der Waals surface area contributed by atoms with E-state index < -0.39 is 6.43 Å². The molecule has 1 unspecified atom stereocenters. The van der Waals surface area contributed by atoms with Gasteiger partial charge in [-0.25, -0.2) is 8.78 Å². The molecule has 88 valence electrons. The number of ether oxygens (including phenoxy) is 1. The van der Waals surface area contributed by atoms with Crippen LogP contribution in [0.2, 0.25) is 0 Å². The average molecular weight is 227 g/mol. The molecule has 1 aromatic carbocycles. The normalized spacial score (nSPS) is 20.4. The van der Waals surface area contributed by atoms with Crippen LogP contribution in [0.15, 0.2) is 18.2 Å². The molecule has 0 spiro atoms. The molecule has 1 saturated heterocycles. The molecule has 1 aliphatic rings. The van der Waals surface area contributed by atoms with Gasteiger partial charge in [-0.05, 0) is 31.0 Å². The van der Waals surface area contributed by atoms with E-state index in [4.69, 9.17) is 4.74 Å². The van der Waals surface area contributed by atoms with Gasteiger partial charge in [0.05, 0.1) is 12.7 Å². The third-order valence-electron chi connectivity index (χ3n) is 2.97. The van der Waals surface area contributed by atoms with E-state index in [1.54, 1.807) is 18.2 Å². The molecule has 0 aliphatic carbocycles. The van der Waals surface area contributed by atoms with Gasteiger partial charge in [0.15, 0.2) is 0 Å². The van der Waals surface area contributed by atoms with Crippen molar-refractivity contribution in [2.75, 3.05) is 13.7 Å². The molecule has 0 amide bonds. The minimum Gasteiger partial charge on any atom is -0.496 e. The number of nitrogens with one attached hydrogen (secondary N) is 1. The van der Waals surface area contributed by atoms with E-state index in [2.05, 4.69) is 5.32 Å². The van der Waals surface area contributed by atoms with E-state index in [0.717, 1.165) is 19.4 Å². The van der Waals surface area contributed by atoms with Gasteiger partial charge in [-0.2, -0.15) is 0 Å². The fourth-order valence-electron chi connectivity index (χ4n) is 2.23. The lowest BCUT2D eigenvalue weighted by molar-refractivity contribution is 0.145. The van der Waals surface area contributed by atoms with Crippen molar-refractivity contribution in [3.8, 4) is 5.75 Å². The van der Waals surface area contributed by atoms with E-state index in [-0.39, 0.29) is 17.4 Å². The van der Waals surface area contributed by atoms with Gasteiger partial charge in [0.25, 0.3) is 6.43 Å². The summed E-state index contributed by atoms with van der Waals surface area (Å²) in [4.78, 5) is 0. The SMILES string of the molecule is COc1cccc(C2CCCN2)c1C(F)F. The van der Waals surface area contributed by atoms with Crippen molar-refractivity contribution >= 4 is 0 Å². The average Bonchev–Trinajstić information content (AvgIpc) is 2.81. The van der Waals surface area contributed by atoms with Crippen LogP contribution in [0.3, 0.4) is 0 Å². The molecule has 1 N–H and O–H groups in total. The molecular weight excluding hydrogens is 212 g/mol. The number of methoxy groups -OCH3 is 1. The van der Waals surface area contributed by atoms with Crippen molar-refractivity contribution in [1.29, 1.82) is 0 Å². The van der Waals surface area contributed by atoms with E-state index >= 15 is 0 Å². The van der Waals surface area contributed by atoms with Crippen molar-refractivity contribution in [3.63, 3.8) is 0 Å². The summed E-state index contributed by atoms with van der Waals surface area (Å²) in [5, 5.41) is 3.23. The summed E-state index contributed by atoms with van der Waals surface area (Å²) in [6.45, 7) is 0.893. The Labute approximate surface area is 93.6 Å². The molecule has 1 fully saturated rings. The zero-order chi connectivity index (χ0) is 11.5. The first kappa shape index (κ1) is 11.3. The molecule has 4 heteroatoms. The second-order valence-electron chi connectivity index (χ2n) is 3.91. The Hall–Kier alpha value is -1.16. The van der Waals surface area contributed by atoms with Crippen LogP contribution in [0.5, 0.6) is 5.75 Å². The molecule has 0 radical (unpaired) electrons. The Balaban J connectivity index is 2.42. The van der Waals surface area contributed by atoms with Crippen molar-refractivity contribution in [3.05, 3.63) is 29.3 Å². The Kier molecular flexibility index (Phi) is 3.39. The highest BCUT2D eigenvalue weighted by Crippen LogP contribution is 2.37. The lowest BCUT2D eigenvalue weighted by atomic mass is 9.98. The van der Waals surface area contributed by atoms with Gasteiger partial charge in [0, 0.05) is 6.04 Å². The minimum absolute atomic E-state index is 0.0319. The lowest BCUT2D eigenvalue weighted by Crippen LogP contribution is -2.15. The van der Waals surface area contributed by atoms with E-state index in [0.29, 0.717) is 5.56 Å². The summed E-state index contributed by atoms with van der Waals surface area (Å²) >= 11 is 0. The van der Waals surface area contributed by atoms with Gasteiger partial charge in [0.2, 0.25) is 0 Å². The second kappa shape index (κ2) is 4.78. The molecule has 1 atom stereocenters. The van der Waals surface area contributed by atoms with E-state index in [1.165, 1.54) is 7.11 Å². The molecule has 0 saturated carbocycles. The Bertz CT molecular complexity index is 362. The van der Waals surface area contributed by atoms with Crippen molar-refractivity contribution in [2.45, 2.75) is 25.3 Å². The summed E-state index contributed by atoms with van der Waals surface area (Å²) in [6, 6.07) is 5.14. The predicted molar refractivity (Wildman–Crippen MR) is 57.9 cm³/mol. The van der Waals surface area contributed by atoms with Crippen LogP contribution in [0.25, 0.3) is 0 Å². The third kappa shape index (κ3) is 2.02. The summed E-state index contributed by atoms with van der Waals surface area (Å²) in [5.41, 5.74) is 0.705. The highest BCUT2D eigenvalue weighted by molar-refractivity contribution is 5.43. The maximum absolute atomic E-state index is 13.0. The number of rotatable bonds is 3. The van der Waals surface area contributed by atoms with Gasteiger partial charge >= 0.3 is 0 Å². The van der Waals surface area contributed by atoms with Gasteiger partial charge in [-0.15, -0.1) is 0 Å². The largest absolute Gasteiger partial charge is 0.496 e. The molecule has 2 rings (SSSR count). The quantitative estimate of drug-likeness (QED) is 0.856.